The fourth-order valence-corrected chi connectivity index (χ4v) is 2.48. The monoisotopic (exact) mass is 262 g/mol. The van der Waals surface area contributed by atoms with E-state index in [0.29, 0.717) is 6.61 Å². The van der Waals surface area contributed by atoms with E-state index in [-0.39, 0.29) is 17.9 Å². The molecule has 0 aromatic heterocycles. The van der Waals surface area contributed by atoms with Crippen LogP contribution < -0.4 is 10.2 Å². The summed E-state index contributed by atoms with van der Waals surface area (Å²) in [5.74, 6) is 0.251. The van der Waals surface area contributed by atoms with Crippen molar-refractivity contribution in [1.82, 2.24) is 0 Å². The number of nitrogens with one attached hydrogen (secondary N) is 1. The molecule has 19 heavy (non-hydrogen) atoms. The lowest BCUT2D eigenvalue weighted by atomic mass is 10.0. The molecule has 1 fully saturated rings. The second-order valence-electron chi connectivity index (χ2n) is 5.39. The number of hydrogen-bond acceptors (Lipinski definition) is 3. The van der Waals surface area contributed by atoms with Gasteiger partial charge in [0.2, 0.25) is 0 Å². The average molecular weight is 262 g/mol. The van der Waals surface area contributed by atoms with Gasteiger partial charge in [-0.15, -0.1) is 0 Å². The molecule has 0 bridgehead atoms. The summed E-state index contributed by atoms with van der Waals surface area (Å²) in [5.41, 5.74) is 3.04. The molecule has 4 nitrogen and oxygen atoms in total. The first-order valence-electron chi connectivity index (χ1n) is 6.70. The third-order valence-corrected chi connectivity index (χ3v) is 3.69. The third-order valence-electron chi connectivity index (χ3n) is 3.69. The van der Waals surface area contributed by atoms with Gasteiger partial charge in [-0.2, -0.15) is 0 Å². The highest BCUT2D eigenvalue weighted by Crippen LogP contribution is 2.27. The van der Waals surface area contributed by atoms with E-state index >= 15 is 0 Å². The van der Waals surface area contributed by atoms with Crippen molar-refractivity contribution < 1.29 is 9.53 Å². The van der Waals surface area contributed by atoms with Crippen molar-refractivity contribution in [3.63, 3.8) is 0 Å². The molecule has 1 saturated heterocycles. The van der Waals surface area contributed by atoms with Gasteiger partial charge in [-0.3, -0.25) is 4.79 Å². The summed E-state index contributed by atoms with van der Waals surface area (Å²) in [6.45, 7) is 4.75. The normalized spacial score (nSPS) is 22.3. The fraction of sp³-hybridized carbons (Fsp3) is 0.533. The van der Waals surface area contributed by atoms with Gasteiger partial charge < -0.3 is 15.0 Å². The van der Waals surface area contributed by atoms with Gasteiger partial charge in [0, 0.05) is 32.1 Å². The molecule has 1 N–H and O–H groups in total. The van der Waals surface area contributed by atoms with Gasteiger partial charge in [0.25, 0.3) is 5.91 Å². The summed E-state index contributed by atoms with van der Waals surface area (Å²) in [7, 11) is 3.99. The van der Waals surface area contributed by atoms with Crippen LogP contribution in [0.2, 0.25) is 0 Å². The Morgan fingerprint density at radius 2 is 2.16 bits per heavy atom. The molecule has 0 aliphatic carbocycles. The molecule has 2 atom stereocenters. The summed E-state index contributed by atoms with van der Waals surface area (Å²) in [5, 5.41) is 2.99. The second kappa shape index (κ2) is 5.61. The van der Waals surface area contributed by atoms with E-state index in [1.165, 1.54) is 0 Å². The maximum atomic E-state index is 12.2. The standard InChI is InChI=1S/C15H22N2O2/c1-10-8-9-19-14(10)15(18)16-12-6-5-7-13(11(12)2)17(3)4/h5-7,10,14H,8-9H2,1-4H3,(H,16,18)/t10-,14-/m1/s1. The zero-order chi connectivity index (χ0) is 14.0. The summed E-state index contributed by atoms with van der Waals surface area (Å²) >= 11 is 0. The largest absolute Gasteiger partial charge is 0.377 e. The number of anilines is 2. The molecular weight excluding hydrogens is 240 g/mol. The summed E-state index contributed by atoms with van der Waals surface area (Å²) < 4.78 is 5.49. The van der Waals surface area contributed by atoms with Crippen molar-refractivity contribution in [1.29, 1.82) is 0 Å². The lowest BCUT2D eigenvalue weighted by Crippen LogP contribution is -2.31. The minimum absolute atomic E-state index is 0.0380. The molecule has 1 aromatic rings. The number of hydrogen-bond donors (Lipinski definition) is 1. The summed E-state index contributed by atoms with van der Waals surface area (Å²) in [4.78, 5) is 14.3. The highest BCUT2D eigenvalue weighted by atomic mass is 16.5. The van der Waals surface area contributed by atoms with Gasteiger partial charge in [0.1, 0.15) is 6.10 Å². The number of carbonyl (C=O) groups excluding carboxylic acids is 1. The fourth-order valence-electron chi connectivity index (χ4n) is 2.48. The van der Waals surface area contributed by atoms with E-state index in [0.717, 1.165) is 23.4 Å². The van der Waals surface area contributed by atoms with E-state index < -0.39 is 0 Å². The van der Waals surface area contributed by atoms with Crippen LogP contribution in [0.5, 0.6) is 0 Å². The van der Waals surface area contributed by atoms with Crippen molar-refractivity contribution in [2.45, 2.75) is 26.4 Å². The van der Waals surface area contributed by atoms with E-state index in [1.54, 1.807) is 0 Å². The van der Waals surface area contributed by atoms with E-state index in [4.69, 9.17) is 4.74 Å². The third kappa shape index (κ3) is 2.89. The highest BCUT2D eigenvalue weighted by molar-refractivity contribution is 5.95. The van der Waals surface area contributed by atoms with Crippen LogP contribution in [0, 0.1) is 12.8 Å². The molecule has 1 aliphatic rings. The van der Waals surface area contributed by atoms with Gasteiger partial charge in [0.15, 0.2) is 0 Å². The van der Waals surface area contributed by atoms with E-state index in [2.05, 4.69) is 12.2 Å². The zero-order valence-electron chi connectivity index (χ0n) is 12.1. The summed E-state index contributed by atoms with van der Waals surface area (Å²) in [6.07, 6.45) is 0.636. The van der Waals surface area contributed by atoms with Gasteiger partial charge in [-0.05, 0) is 37.0 Å². The minimum atomic E-state index is -0.317. The van der Waals surface area contributed by atoms with Crippen LogP contribution in [0.25, 0.3) is 0 Å². The van der Waals surface area contributed by atoms with Crippen LogP contribution in [0.3, 0.4) is 0 Å². The first kappa shape index (κ1) is 13.9. The Morgan fingerprint density at radius 3 is 2.74 bits per heavy atom. The molecule has 0 unspecified atom stereocenters. The van der Waals surface area contributed by atoms with Gasteiger partial charge in [0.05, 0.1) is 0 Å². The average Bonchev–Trinajstić information content (AvgIpc) is 2.77. The lowest BCUT2D eigenvalue weighted by molar-refractivity contribution is -0.126. The van der Waals surface area contributed by atoms with Crippen LogP contribution >= 0.6 is 0 Å². The molecule has 1 aliphatic heterocycles. The van der Waals surface area contributed by atoms with Crippen molar-refractivity contribution in [2.24, 2.45) is 5.92 Å². The number of nitrogens with zero attached hydrogens (tertiary/aromatic N) is 1. The first-order valence-corrected chi connectivity index (χ1v) is 6.70. The number of rotatable bonds is 3. The predicted molar refractivity (Wildman–Crippen MR) is 77.7 cm³/mol. The maximum absolute atomic E-state index is 12.2. The zero-order valence-corrected chi connectivity index (χ0v) is 12.1. The number of benzene rings is 1. The predicted octanol–water partition coefficient (Wildman–Crippen LogP) is 2.42. The number of ether oxygens (including phenoxy) is 1. The van der Waals surface area contributed by atoms with Gasteiger partial charge >= 0.3 is 0 Å². The second-order valence-corrected chi connectivity index (χ2v) is 5.39. The Morgan fingerprint density at radius 1 is 1.42 bits per heavy atom. The van der Waals surface area contributed by atoms with Crippen LogP contribution in [-0.2, 0) is 9.53 Å². The Labute approximate surface area is 114 Å². The van der Waals surface area contributed by atoms with Crippen molar-refractivity contribution >= 4 is 17.3 Å². The topological polar surface area (TPSA) is 41.6 Å². The van der Waals surface area contributed by atoms with Crippen LogP contribution in [-0.4, -0.2) is 32.7 Å². The molecule has 1 amide bonds. The number of carbonyl (C=O) groups is 1. The van der Waals surface area contributed by atoms with Crippen molar-refractivity contribution in [3.8, 4) is 0 Å². The van der Waals surface area contributed by atoms with E-state index in [9.17, 15) is 4.79 Å². The molecule has 4 heteroatoms. The maximum Gasteiger partial charge on any atom is 0.253 e. The van der Waals surface area contributed by atoms with Gasteiger partial charge in [-0.1, -0.05) is 13.0 Å². The molecule has 1 heterocycles. The van der Waals surface area contributed by atoms with Gasteiger partial charge in [-0.25, -0.2) is 0 Å². The minimum Gasteiger partial charge on any atom is -0.377 e. The van der Waals surface area contributed by atoms with Crippen molar-refractivity contribution in [3.05, 3.63) is 23.8 Å². The molecule has 104 valence electrons. The smallest absolute Gasteiger partial charge is 0.253 e. The molecule has 2 rings (SSSR count). The molecule has 1 aromatic carbocycles. The lowest BCUT2D eigenvalue weighted by Gasteiger charge is -2.20. The Kier molecular flexibility index (Phi) is 4.10. The summed E-state index contributed by atoms with van der Waals surface area (Å²) in [6, 6.07) is 5.93. The molecular formula is C15H22N2O2. The first-order chi connectivity index (χ1) is 9.00. The quantitative estimate of drug-likeness (QED) is 0.909. The highest BCUT2D eigenvalue weighted by Gasteiger charge is 2.31. The Balaban J connectivity index is 2.15. The molecule has 0 saturated carbocycles. The Bertz CT molecular complexity index is 471. The SMILES string of the molecule is Cc1c(NC(=O)[C@@H]2OCC[C@H]2C)cccc1N(C)C. The van der Waals surface area contributed by atoms with Crippen molar-refractivity contribution in [2.75, 3.05) is 30.9 Å². The molecule has 0 radical (unpaired) electrons. The van der Waals surface area contributed by atoms with Crippen LogP contribution in [0.15, 0.2) is 18.2 Å². The molecule has 0 spiro atoms. The number of amides is 1. The van der Waals surface area contributed by atoms with Crippen LogP contribution in [0.1, 0.15) is 18.9 Å². The Hall–Kier alpha value is -1.55. The van der Waals surface area contributed by atoms with Crippen LogP contribution in [0.4, 0.5) is 11.4 Å². The van der Waals surface area contributed by atoms with E-state index in [1.807, 2.05) is 44.1 Å².